The van der Waals surface area contributed by atoms with Gasteiger partial charge in [0.15, 0.2) is 5.62 Å². The molecule has 15 heavy (non-hydrogen) atoms. The molecule has 0 N–H and O–H groups in total. The number of benzene rings is 2. The lowest BCUT2D eigenvalue weighted by atomic mass is 10.1. The molecule has 0 aliphatic carbocycles. The number of hydrogen-bond donors (Lipinski definition) is 1. The fraction of sp³-hybridized carbons (Fsp3) is 0. The minimum absolute atomic E-state index is 0.444. The standard InChI is InChI=1S/C12H10.CH2OS/c1-3-7-11(8-4-1)12-9-5-2-6-10-12;2-1-3/h1-10H;1H,(H,2,3). The second-order valence-corrected chi connectivity index (χ2v) is 3.05. The monoisotopic (exact) mass is 216 g/mol. The highest BCUT2D eigenvalue weighted by atomic mass is 32.1. The maximum absolute atomic E-state index is 8.67. The van der Waals surface area contributed by atoms with E-state index in [9.17, 15) is 0 Å². The van der Waals surface area contributed by atoms with Crippen LogP contribution in [0, 0.1) is 0 Å². The van der Waals surface area contributed by atoms with Crippen LogP contribution in [-0.2, 0) is 4.79 Å². The van der Waals surface area contributed by atoms with Gasteiger partial charge in [0.25, 0.3) is 0 Å². The largest absolute Gasteiger partial charge is 0.291 e. The third kappa shape index (κ3) is 4.00. The smallest absolute Gasteiger partial charge is 0.173 e. The maximum Gasteiger partial charge on any atom is 0.173 e. The number of thiol groups is 1. The highest BCUT2D eigenvalue weighted by Gasteiger charge is 1.91. The number of rotatable bonds is 1. The molecule has 0 unspecified atom stereocenters. The lowest BCUT2D eigenvalue weighted by molar-refractivity contribution is 0.570. The SMILES string of the molecule is O=CS.c1ccc(-c2ccccc2)cc1. The molecule has 2 aromatic carbocycles. The number of carbonyl (C=O) groups is 1. The van der Waals surface area contributed by atoms with Crippen molar-refractivity contribution < 1.29 is 4.79 Å². The van der Waals surface area contributed by atoms with E-state index in [1.165, 1.54) is 11.1 Å². The van der Waals surface area contributed by atoms with E-state index in [4.69, 9.17) is 4.79 Å². The van der Waals surface area contributed by atoms with Crippen molar-refractivity contribution in [3.8, 4) is 11.1 Å². The Labute approximate surface area is 95.2 Å². The van der Waals surface area contributed by atoms with Crippen molar-refractivity contribution in [2.75, 3.05) is 0 Å². The fourth-order valence-electron chi connectivity index (χ4n) is 1.26. The summed E-state index contributed by atoms with van der Waals surface area (Å²) in [7, 11) is 0. The summed E-state index contributed by atoms with van der Waals surface area (Å²) in [5.74, 6) is 0. The van der Waals surface area contributed by atoms with Gasteiger partial charge < -0.3 is 0 Å². The van der Waals surface area contributed by atoms with E-state index in [-0.39, 0.29) is 0 Å². The van der Waals surface area contributed by atoms with Crippen LogP contribution in [0.2, 0.25) is 0 Å². The first-order chi connectivity index (χ1) is 7.38. The van der Waals surface area contributed by atoms with Crippen LogP contribution in [0.3, 0.4) is 0 Å². The molecule has 0 saturated carbocycles. The molecule has 0 spiro atoms. The van der Waals surface area contributed by atoms with Crippen LogP contribution in [-0.4, -0.2) is 5.62 Å². The molecular formula is C13H12OS. The predicted octanol–water partition coefficient (Wildman–Crippen LogP) is 3.46. The second-order valence-electron chi connectivity index (χ2n) is 2.84. The van der Waals surface area contributed by atoms with E-state index in [0.29, 0.717) is 5.62 Å². The molecule has 2 aromatic rings. The molecule has 0 atom stereocenters. The van der Waals surface area contributed by atoms with Gasteiger partial charge in [-0.1, -0.05) is 60.7 Å². The Hall–Kier alpha value is -1.54. The molecule has 76 valence electrons. The molecule has 0 saturated heterocycles. The van der Waals surface area contributed by atoms with Crippen molar-refractivity contribution in [1.82, 2.24) is 0 Å². The lowest BCUT2D eigenvalue weighted by Crippen LogP contribution is -1.73. The van der Waals surface area contributed by atoms with Gasteiger partial charge in [-0.15, -0.1) is 12.6 Å². The van der Waals surface area contributed by atoms with Gasteiger partial charge in [-0.25, -0.2) is 0 Å². The molecule has 0 amide bonds. The van der Waals surface area contributed by atoms with E-state index >= 15 is 0 Å². The zero-order chi connectivity index (χ0) is 10.9. The van der Waals surface area contributed by atoms with Crippen molar-refractivity contribution in [2.24, 2.45) is 0 Å². The summed E-state index contributed by atoms with van der Waals surface area (Å²) < 4.78 is 0. The minimum Gasteiger partial charge on any atom is -0.291 e. The van der Waals surface area contributed by atoms with Crippen molar-refractivity contribution in [1.29, 1.82) is 0 Å². The summed E-state index contributed by atoms with van der Waals surface area (Å²) in [4.78, 5) is 8.67. The van der Waals surface area contributed by atoms with E-state index in [1.54, 1.807) is 0 Å². The van der Waals surface area contributed by atoms with Crippen LogP contribution in [0.4, 0.5) is 0 Å². The van der Waals surface area contributed by atoms with E-state index < -0.39 is 0 Å². The Morgan fingerprint density at radius 2 is 1.00 bits per heavy atom. The fourth-order valence-corrected chi connectivity index (χ4v) is 1.26. The lowest BCUT2D eigenvalue weighted by Gasteiger charge is -1.98. The Kier molecular flexibility index (Phi) is 5.26. The van der Waals surface area contributed by atoms with Gasteiger partial charge in [0, 0.05) is 0 Å². The summed E-state index contributed by atoms with van der Waals surface area (Å²) in [5, 5.41) is 0. The van der Waals surface area contributed by atoms with E-state index in [0.717, 1.165) is 0 Å². The van der Waals surface area contributed by atoms with Crippen LogP contribution >= 0.6 is 12.6 Å². The molecule has 2 heteroatoms. The van der Waals surface area contributed by atoms with E-state index in [1.807, 2.05) is 12.1 Å². The van der Waals surface area contributed by atoms with Gasteiger partial charge >= 0.3 is 0 Å². The molecule has 0 aliphatic rings. The Morgan fingerprint density at radius 1 is 0.733 bits per heavy atom. The van der Waals surface area contributed by atoms with Crippen molar-refractivity contribution in [3.05, 3.63) is 60.7 Å². The molecule has 0 heterocycles. The van der Waals surface area contributed by atoms with Gasteiger partial charge in [0.05, 0.1) is 0 Å². The van der Waals surface area contributed by atoms with Gasteiger partial charge in [-0.05, 0) is 11.1 Å². The summed E-state index contributed by atoms with van der Waals surface area (Å²) in [6, 6.07) is 20.8. The predicted molar refractivity (Wildman–Crippen MR) is 67.6 cm³/mol. The molecular weight excluding hydrogens is 204 g/mol. The molecule has 0 aliphatic heterocycles. The first-order valence-corrected chi connectivity index (χ1v) is 5.08. The average Bonchev–Trinajstić information content (AvgIpc) is 2.32. The highest BCUT2D eigenvalue weighted by molar-refractivity contribution is 7.94. The van der Waals surface area contributed by atoms with Crippen LogP contribution in [0.15, 0.2) is 60.7 Å². The first kappa shape index (κ1) is 11.5. The molecule has 0 bridgehead atoms. The van der Waals surface area contributed by atoms with Gasteiger partial charge in [0.2, 0.25) is 0 Å². The van der Waals surface area contributed by atoms with Crippen molar-refractivity contribution >= 4 is 18.2 Å². The Morgan fingerprint density at radius 3 is 1.27 bits per heavy atom. The second kappa shape index (κ2) is 6.85. The van der Waals surface area contributed by atoms with Gasteiger partial charge in [0.1, 0.15) is 0 Å². The van der Waals surface area contributed by atoms with Crippen LogP contribution < -0.4 is 0 Å². The Balaban J connectivity index is 0.000000337. The molecule has 2 rings (SSSR count). The van der Waals surface area contributed by atoms with Gasteiger partial charge in [-0.3, -0.25) is 4.79 Å². The summed E-state index contributed by atoms with van der Waals surface area (Å²) in [6.45, 7) is 0. The first-order valence-electron chi connectivity index (χ1n) is 4.57. The van der Waals surface area contributed by atoms with Crippen LogP contribution in [0.5, 0.6) is 0 Å². The molecule has 1 nitrogen and oxygen atoms in total. The van der Waals surface area contributed by atoms with Gasteiger partial charge in [-0.2, -0.15) is 0 Å². The van der Waals surface area contributed by atoms with E-state index in [2.05, 4.69) is 61.2 Å². The molecule has 0 aromatic heterocycles. The summed E-state index contributed by atoms with van der Waals surface area (Å²) in [5.41, 5.74) is 3.00. The minimum atomic E-state index is 0.444. The van der Waals surface area contributed by atoms with Crippen LogP contribution in [0.25, 0.3) is 11.1 Å². The zero-order valence-electron chi connectivity index (χ0n) is 8.21. The maximum atomic E-state index is 8.67. The zero-order valence-corrected chi connectivity index (χ0v) is 9.10. The molecule has 0 fully saturated rings. The normalized spacial score (nSPS) is 8.60. The third-order valence-corrected chi connectivity index (χ3v) is 1.88. The summed E-state index contributed by atoms with van der Waals surface area (Å²) >= 11 is 3.11. The topological polar surface area (TPSA) is 17.1 Å². The number of hydrogen-bond acceptors (Lipinski definition) is 1. The Bertz CT molecular complexity index is 346. The van der Waals surface area contributed by atoms with Crippen LogP contribution in [0.1, 0.15) is 0 Å². The molecule has 0 radical (unpaired) electrons. The highest BCUT2D eigenvalue weighted by Crippen LogP contribution is 2.17. The van der Waals surface area contributed by atoms with Crippen molar-refractivity contribution in [2.45, 2.75) is 0 Å². The third-order valence-electron chi connectivity index (χ3n) is 1.88. The van der Waals surface area contributed by atoms with Crippen molar-refractivity contribution in [3.63, 3.8) is 0 Å². The average molecular weight is 216 g/mol. The quantitative estimate of drug-likeness (QED) is 0.570. The summed E-state index contributed by atoms with van der Waals surface area (Å²) in [6.07, 6.45) is 0. The number of carbonyl (C=O) groups excluding carboxylic acids is 1.